The van der Waals surface area contributed by atoms with Crippen molar-refractivity contribution in [2.45, 2.75) is 33.4 Å². The van der Waals surface area contributed by atoms with E-state index in [1.807, 2.05) is 4.57 Å². The lowest BCUT2D eigenvalue weighted by Crippen LogP contribution is -2.33. The number of hydrogen-bond donors (Lipinski definition) is 1. The molecule has 0 spiro atoms. The summed E-state index contributed by atoms with van der Waals surface area (Å²) in [6.07, 6.45) is 3.54. The first-order valence-corrected chi connectivity index (χ1v) is 6.62. The molecular formula is C13H23N5. The lowest BCUT2D eigenvalue weighted by molar-refractivity contribution is 0.299. The van der Waals surface area contributed by atoms with E-state index in [1.54, 1.807) is 12.5 Å². The first kappa shape index (κ1) is 14.7. The smallest absolute Gasteiger partial charge is 0.138 e. The summed E-state index contributed by atoms with van der Waals surface area (Å²) in [5, 5.41) is 12.5. The molecule has 1 aromatic heterocycles. The molecule has 5 heteroatoms. The standard InChI is InChI=1S/C13H23N5/c1-4-17(5-2)8-7-16-12(9-14)13-10-15-11-18(13)6-3/h10-12,16H,4-8H2,1-3H3. The van der Waals surface area contributed by atoms with Gasteiger partial charge in [0, 0.05) is 19.6 Å². The maximum Gasteiger partial charge on any atom is 0.138 e. The van der Waals surface area contributed by atoms with Crippen LogP contribution in [0, 0.1) is 11.3 Å². The summed E-state index contributed by atoms with van der Waals surface area (Å²) >= 11 is 0. The van der Waals surface area contributed by atoms with Gasteiger partial charge in [-0.05, 0) is 20.0 Å². The zero-order valence-electron chi connectivity index (χ0n) is 11.6. The van der Waals surface area contributed by atoms with Gasteiger partial charge in [0.05, 0.1) is 24.3 Å². The van der Waals surface area contributed by atoms with E-state index in [0.717, 1.165) is 38.4 Å². The van der Waals surface area contributed by atoms with Crippen LogP contribution in [0.3, 0.4) is 0 Å². The molecule has 18 heavy (non-hydrogen) atoms. The molecule has 0 aliphatic heterocycles. The molecule has 0 fully saturated rings. The molecule has 1 N–H and O–H groups in total. The van der Waals surface area contributed by atoms with E-state index in [0.29, 0.717) is 0 Å². The third-order valence-corrected chi connectivity index (χ3v) is 3.18. The number of nitrogens with one attached hydrogen (secondary N) is 1. The van der Waals surface area contributed by atoms with Gasteiger partial charge < -0.3 is 9.47 Å². The van der Waals surface area contributed by atoms with Crippen molar-refractivity contribution in [3.05, 3.63) is 18.2 Å². The van der Waals surface area contributed by atoms with Crippen molar-refractivity contribution in [1.82, 2.24) is 19.8 Å². The van der Waals surface area contributed by atoms with Crippen LogP contribution in [0.25, 0.3) is 0 Å². The van der Waals surface area contributed by atoms with Crippen LogP contribution in [0.1, 0.15) is 32.5 Å². The highest BCUT2D eigenvalue weighted by atomic mass is 15.1. The molecule has 0 amide bonds. The molecule has 0 aromatic carbocycles. The zero-order chi connectivity index (χ0) is 13.4. The number of hydrogen-bond acceptors (Lipinski definition) is 4. The number of aryl methyl sites for hydroxylation is 1. The predicted molar refractivity (Wildman–Crippen MR) is 72.0 cm³/mol. The largest absolute Gasteiger partial charge is 0.333 e. The van der Waals surface area contributed by atoms with Crippen molar-refractivity contribution in [1.29, 1.82) is 5.26 Å². The van der Waals surface area contributed by atoms with Gasteiger partial charge in [-0.15, -0.1) is 0 Å². The minimum atomic E-state index is -0.275. The minimum Gasteiger partial charge on any atom is -0.333 e. The van der Waals surface area contributed by atoms with Crippen molar-refractivity contribution in [3.63, 3.8) is 0 Å². The Bertz CT molecular complexity index is 375. The fourth-order valence-corrected chi connectivity index (χ4v) is 1.96. The van der Waals surface area contributed by atoms with Gasteiger partial charge in [-0.1, -0.05) is 13.8 Å². The normalized spacial score (nSPS) is 12.6. The zero-order valence-corrected chi connectivity index (χ0v) is 11.6. The molecular weight excluding hydrogens is 226 g/mol. The van der Waals surface area contributed by atoms with E-state index < -0.39 is 0 Å². The second-order valence-corrected chi connectivity index (χ2v) is 4.15. The maximum absolute atomic E-state index is 9.23. The predicted octanol–water partition coefficient (Wildman–Crippen LogP) is 1.40. The van der Waals surface area contributed by atoms with E-state index in [4.69, 9.17) is 0 Å². The Kier molecular flexibility index (Phi) is 6.40. The van der Waals surface area contributed by atoms with Gasteiger partial charge in [-0.25, -0.2) is 4.98 Å². The third-order valence-electron chi connectivity index (χ3n) is 3.18. The fourth-order valence-electron chi connectivity index (χ4n) is 1.96. The number of nitriles is 1. The Morgan fingerprint density at radius 2 is 2.17 bits per heavy atom. The van der Waals surface area contributed by atoms with Crippen molar-refractivity contribution in [2.24, 2.45) is 0 Å². The average Bonchev–Trinajstić information content (AvgIpc) is 2.87. The highest BCUT2D eigenvalue weighted by molar-refractivity contribution is 5.13. The molecule has 0 aliphatic rings. The highest BCUT2D eigenvalue weighted by Crippen LogP contribution is 2.11. The Morgan fingerprint density at radius 1 is 1.44 bits per heavy atom. The average molecular weight is 249 g/mol. The van der Waals surface area contributed by atoms with Crippen LogP contribution in [0.4, 0.5) is 0 Å². The summed E-state index contributed by atoms with van der Waals surface area (Å²) in [5.41, 5.74) is 0.944. The van der Waals surface area contributed by atoms with Crippen molar-refractivity contribution < 1.29 is 0 Å². The van der Waals surface area contributed by atoms with Crippen molar-refractivity contribution >= 4 is 0 Å². The van der Waals surface area contributed by atoms with Crippen molar-refractivity contribution in [3.8, 4) is 6.07 Å². The number of imidazole rings is 1. The summed E-state index contributed by atoms with van der Waals surface area (Å²) < 4.78 is 2.00. The van der Waals surface area contributed by atoms with E-state index in [9.17, 15) is 5.26 Å². The van der Waals surface area contributed by atoms with Crippen LogP contribution in [0.15, 0.2) is 12.5 Å². The van der Waals surface area contributed by atoms with Crippen LogP contribution in [0.2, 0.25) is 0 Å². The van der Waals surface area contributed by atoms with Crippen LogP contribution in [-0.4, -0.2) is 40.6 Å². The Morgan fingerprint density at radius 3 is 2.72 bits per heavy atom. The van der Waals surface area contributed by atoms with E-state index in [1.165, 1.54) is 0 Å². The van der Waals surface area contributed by atoms with Crippen LogP contribution < -0.4 is 5.32 Å². The van der Waals surface area contributed by atoms with Gasteiger partial charge in [0.2, 0.25) is 0 Å². The fraction of sp³-hybridized carbons (Fsp3) is 0.692. The molecule has 0 radical (unpaired) electrons. The quantitative estimate of drug-likeness (QED) is 0.756. The SMILES string of the molecule is CCN(CC)CCNC(C#N)c1cncn1CC. The third kappa shape index (κ3) is 3.83. The first-order valence-electron chi connectivity index (χ1n) is 6.62. The molecule has 1 aromatic rings. The molecule has 1 unspecified atom stereocenters. The van der Waals surface area contributed by atoms with Gasteiger partial charge >= 0.3 is 0 Å². The first-order chi connectivity index (χ1) is 8.76. The maximum atomic E-state index is 9.23. The van der Waals surface area contributed by atoms with Crippen LogP contribution in [0.5, 0.6) is 0 Å². The summed E-state index contributed by atoms with van der Waals surface area (Å²) in [6.45, 7) is 11.1. The van der Waals surface area contributed by atoms with Gasteiger partial charge in [-0.3, -0.25) is 5.32 Å². The lowest BCUT2D eigenvalue weighted by atomic mass is 10.2. The van der Waals surface area contributed by atoms with Crippen LogP contribution in [-0.2, 0) is 6.54 Å². The van der Waals surface area contributed by atoms with Gasteiger partial charge in [-0.2, -0.15) is 5.26 Å². The summed E-state index contributed by atoms with van der Waals surface area (Å²) in [6, 6.07) is 2.02. The summed E-state index contributed by atoms with van der Waals surface area (Å²) in [7, 11) is 0. The van der Waals surface area contributed by atoms with Gasteiger partial charge in [0.25, 0.3) is 0 Å². The van der Waals surface area contributed by atoms with E-state index in [-0.39, 0.29) is 6.04 Å². The summed E-state index contributed by atoms with van der Waals surface area (Å²) in [4.78, 5) is 6.43. The van der Waals surface area contributed by atoms with E-state index >= 15 is 0 Å². The molecule has 1 atom stereocenters. The number of rotatable bonds is 8. The monoisotopic (exact) mass is 249 g/mol. The Hall–Kier alpha value is -1.38. The van der Waals surface area contributed by atoms with Gasteiger partial charge in [0.1, 0.15) is 6.04 Å². The molecule has 0 aliphatic carbocycles. The minimum absolute atomic E-state index is 0.275. The molecule has 0 bridgehead atoms. The topological polar surface area (TPSA) is 56.9 Å². The summed E-state index contributed by atoms with van der Waals surface area (Å²) in [5.74, 6) is 0. The highest BCUT2D eigenvalue weighted by Gasteiger charge is 2.14. The second kappa shape index (κ2) is 7.85. The number of nitrogens with zero attached hydrogens (tertiary/aromatic N) is 4. The Balaban J connectivity index is 2.51. The molecule has 0 saturated heterocycles. The van der Waals surface area contributed by atoms with Crippen LogP contribution >= 0.6 is 0 Å². The van der Waals surface area contributed by atoms with Crippen molar-refractivity contribution in [2.75, 3.05) is 26.2 Å². The van der Waals surface area contributed by atoms with Gasteiger partial charge in [0.15, 0.2) is 0 Å². The molecule has 100 valence electrons. The molecule has 1 heterocycles. The Labute approximate surface area is 109 Å². The molecule has 5 nitrogen and oxygen atoms in total. The number of aromatic nitrogens is 2. The number of likely N-dealkylation sites (N-methyl/N-ethyl adjacent to an activating group) is 1. The second-order valence-electron chi connectivity index (χ2n) is 4.15. The molecule has 1 rings (SSSR count). The molecule has 0 saturated carbocycles. The lowest BCUT2D eigenvalue weighted by Gasteiger charge is -2.19. The van der Waals surface area contributed by atoms with E-state index in [2.05, 4.69) is 42.0 Å².